The largest absolute Gasteiger partial charge is 0.271 e. The van der Waals surface area contributed by atoms with Crippen LogP contribution < -0.4 is 11.3 Å². The summed E-state index contributed by atoms with van der Waals surface area (Å²) < 4.78 is 1.00. The highest BCUT2D eigenvalue weighted by atomic mass is 79.9. The highest BCUT2D eigenvalue weighted by Crippen LogP contribution is 2.23. The van der Waals surface area contributed by atoms with Gasteiger partial charge in [0.25, 0.3) is 0 Å². The van der Waals surface area contributed by atoms with Gasteiger partial charge in [-0.05, 0) is 42.5 Å². The fraction of sp³-hybridized carbons (Fsp3) is 0.455. The summed E-state index contributed by atoms with van der Waals surface area (Å²) >= 11 is 11.4. The molecule has 16 heavy (non-hydrogen) atoms. The van der Waals surface area contributed by atoms with Crippen LogP contribution in [0.5, 0.6) is 0 Å². The van der Waals surface area contributed by atoms with E-state index in [2.05, 4.69) is 27.6 Å². The molecule has 0 bridgehead atoms. The molecule has 0 radical (unpaired) electrons. The Bertz CT molecular complexity index is 336. The molecule has 0 amide bonds. The first-order valence-electron chi connectivity index (χ1n) is 5.06. The van der Waals surface area contributed by atoms with Gasteiger partial charge in [-0.25, -0.2) is 0 Å². The maximum Gasteiger partial charge on any atom is 0.0449 e. The van der Waals surface area contributed by atoms with Gasteiger partial charge < -0.3 is 0 Å². The van der Waals surface area contributed by atoms with Gasteiger partial charge >= 0.3 is 0 Å². The number of halogens is 2. The number of hydrogen-bond donors (Lipinski definition) is 2. The Hall–Kier alpha value is 0.260. The number of nitrogens with one attached hydrogen (secondary N) is 1. The van der Waals surface area contributed by atoms with Crippen molar-refractivity contribution < 1.29 is 0 Å². The predicted octanol–water partition coefficient (Wildman–Crippen LogP) is 3.23. The molecule has 0 saturated heterocycles. The number of nitrogens with two attached hydrogens (primary N) is 1. The maximum absolute atomic E-state index is 6.16. The third-order valence-corrected chi connectivity index (χ3v) is 3.88. The van der Waals surface area contributed by atoms with E-state index in [-0.39, 0.29) is 6.04 Å². The molecule has 1 unspecified atom stereocenters. The van der Waals surface area contributed by atoms with Crippen molar-refractivity contribution in [1.29, 1.82) is 0 Å². The van der Waals surface area contributed by atoms with Crippen LogP contribution in [0.3, 0.4) is 0 Å². The van der Waals surface area contributed by atoms with Crippen molar-refractivity contribution in [3.05, 3.63) is 33.3 Å². The minimum atomic E-state index is 0.283. The average molecular weight is 324 g/mol. The molecule has 5 heteroatoms. The van der Waals surface area contributed by atoms with Crippen molar-refractivity contribution in [2.45, 2.75) is 18.9 Å². The van der Waals surface area contributed by atoms with Gasteiger partial charge in [-0.2, -0.15) is 11.8 Å². The van der Waals surface area contributed by atoms with Crippen LogP contribution in [0.2, 0.25) is 5.02 Å². The van der Waals surface area contributed by atoms with Crippen LogP contribution >= 0.6 is 39.3 Å². The molecule has 2 nitrogen and oxygen atoms in total. The van der Waals surface area contributed by atoms with Crippen molar-refractivity contribution >= 4 is 39.3 Å². The molecule has 1 aromatic rings. The third-order valence-electron chi connectivity index (χ3n) is 2.39. The van der Waals surface area contributed by atoms with Crippen LogP contribution in [0.4, 0.5) is 0 Å². The van der Waals surface area contributed by atoms with Gasteiger partial charge in [-0.3, -0.25) is 11.3 Å². The molecule has 0 fully saturated rings. The lowest BCUT2D eigenvalue weighted by atomic mass is 10.0. The Labute approximate surface area is 114 Å². The zero-order chi connectivity index (χ0) is 12.0. The van der Waals surface area contributed by atoms with Crippen LogP contribution in [0, 0.1) is 0 Å². The lowest BCUT2D eigenvalue weighted by molar-refractivity contribution is 0.514. The number of hydrogen-bond acceptors (Lipinski definition) is 3. The lowest BCUT2D eigenvalue weighted by Gasteiger charge is -2.16. The molecule has 1 aromatic carbocycles. The SMILES string of the molecule is CSCCC(Cc1ccc(Br)cc1Cl)NN. The minimum Gasteiger partial charge on any atom is -0.271 e. The maximum atomic E-state index is 6.16. The summed E-state index contributed by atoms with van der Waals surface area (Å²) in [6, 6.07) is 6.24. The van der Waals surface area contributed by atoms with Crippen molar-refractivity contribution in [3.63, 3.8) is 0 Å². The Morgan fingerprint density at radius 1 is 1.56 bits per heavy atom. The second-order valence-electron chi connectivity index (χ2n) is 3.58. The molecule has 0 aliphatic rings. The molecular formula is C11H16BrClN2S. The number of hydrazine groups is 1. The van der Waals surface area contributed by atoms with E-state index >= 15 is 0 Å². The first-order valence-corrected chi connectivity index (χ1v) is 7.63. The van der Waals surface area contributed by atoms with Gasteiger partial charge in [-0.15, -0.1) is 0 Å². The van der Waals surface area contributed by atoms with Gasteiger partial charge in [0, 0.05) is 15.5 Å². The molecule has 1 atom stereocenters. The van der Waals surface area contributed by atoms with E-state index in [0.29, 0.717) is 0 Å². The highest BCUT2D eigenvalue weighted by Gasteiger charge is 2.10. The molecule has 0 aliphatic heterocycles. The van der Waals surface area contributed by atoms with Gasteiger partial charge in [0.1, 0.15) is 0 Å². The average Bonchev–Trinajstić information content (AvgIpc) is 2.27. The first-order chi connectivity index (χ1) is 7.67. The van der Waals surface area contributed by atoms with Crippen LogP contribution in [0.15, 0.2) is 22.7 Å². The normalized spacial score (nSPS) is 12.8. The number of rotatable bonds is 6. The van der Waals surface area contributed by atoms with Gasteiger partial charge in [0.2, 0.25) is 0 Å². The van der Waals surface area contributed by atoms with E-state index in [9.17, 15) is 0 Å². The quantitative estimate of drug-likeness (QED) is 0.623. The molecule has 0 aliphatic carbocycles. The van der Waals surface area contributed by atoms with Crippen molar-refractivity contribution in [1.82, 2.24) is 5.43 Å². The fourth-order valence-electron chi connectivity index (χ4n) is 1.46. The summed E-state index contributed by atoms with van der Waals surface area (Å²) in [4.78, 5) is 0. The Morgan fingerprint density at radius 3 is 2.88 bits per heavy atom. The molecule has 1 rings (SSSR count). The highest BCUT2D eigenvalue weighted by molar-refractivity contribution is 9.10. The number of benzene rings is 1. The fourth-order valence-corrected chi connectivity index (χ4v) is 2.73. The molecule has 0 spiro atoms. The summed E-state index contributed by atoms with van der Waals surface area (Å²) in [6.45, 7) is 0. The van der Waals surface area contributed by atoms with Gasteiger partial charge in [-0.1, -0.05) is 33.6 Å². The van der Waals surface area contributed by atoms with E-state index in [1.165, 1.54) is 0 Å². The van der Waals surface area contributed by atoms with E-state index in [4.69, 9.17) is 17.4 Å². The predicted molar refractivity (Wildman–Crippen MR) is 77.0 cm³/mol. The molecule has 90 valence electrons. The first kappa shape index (κ1) is 14.3. The van der Waals surface area contributed by atoms with Gasteiger partial charge in [0.05, 0.1) is 0 Å². The van der Waals surface area contributed by atoms with Crippen molar-refractivity contribution in [2.75, 3.05) is 12.0 Å². The molecule has 0 saturated carbocycles. The molecule has 0 heterocycles. The number of thioether (sulfide) groups is 1. The summed E-state index contributed by atoms with van der Waals surface area (Å²) in [7, 11) is 0. The summed E-state index contributed by atoms with van der Waals surface area (Å²) in [5.41, 5.74) is 3.98. The van der Waals surface area contributed by atoms with E-state index in [0.717, 1.165) is 33.7 Å². The standard InChI is InChI=1S/C11H16BrClN2S/c1-16-5-4-10(15-14)6-8-2-3-9(12)7-11(8)13/h2-3,7,10,15H,4-6,14H2,1H3. The zero-order valence-electron chi connectivity index (χ0n) is 9.17. The lowest BCUT2D eigenvalue weighted by Crippen LogP contribution is -2.37. The second kappa shape index (κ2) is 7.56. The van der Waals surface area contributed by atoms with Gasteiger partial charge in [0.15, 0.2) is 0 Å². The summed E-state index contributed by atoms with van der Waals surface area (Å²) in [6.07, 6.45) is 4.01. The molecule has 0 aromatic heterocycles. The van der Waals surface area contributed by atoms with Crippen LogP contribution in [0.1, 0.15) is 12.0 Å². The van der Waals surface area contributed by atoms with E-state index in [1.807, 2.05) is 30.0 Å². The third kappa shape index (κ3) is 4.63. The summed E-state index contributed by atoms with van der Waals surface area (Å²) in [5, 5.41) is 0.791. The Kier molecular flexibility index (Phi) is 6.77. The van der Waals surface area contributed by atoms with E-state index < -0.39 is 0 Å². The van der Waals surface area contributed by atoms with Crippen LogP contribution in [-0.2, 0) is 6.42 Å². The van der Waals surface area contributed by atoms with Crippen molar-refractivity contribution in [3.8, 4) is 0 Å². The van der Waals surface area contributed by atoms with Crippen LogP contribution in [-0.4, -0.2) is 18.1 Å². The Morgan fingerprint density at radius 2 is 2.31 bits per heavy atom. The zero-order valence-corrected chi connectivity index (χ0v) is 12.3. The van der Waals surface area contributed by atoms with Crippen molar-refractivity contribution in [2.24, 2.45) is 5.84 Å². The molecular weight excluding hydrogens is 308 g/mol. The topological polar surface area (TPSA) is 38.0 Å². The minimum absolute atomic E-state index is 0.283. The van der Waals surface area contributed by atoms with E-state index in [1.54, 1.807) is 0 Å². The monoisotopic (exact) mass is 322 g/mol. The summed E-state index contributed by atoms with van der Waals surface area (Å²) in [5.74, 6) is 6.63. The van der Waals surface area contributed by atoms with Crippen LogP contribution in [0.25, 0.3) is 0 Å². The Balaban J connectivity index is 2.62. The second-order valence-corrected chi connectivity index (χ2v) is 5.89. The smallest absolute Gasteiger partial charge is 0.0449 e. The molecule has 3 N–H and O–H groups in total.